The summed E-state index contributed by atoms with van der Waals surface area (Å²) in [6, 6.07) is 0. The number of ether oxygens (including phenoxy) is 1. The molecule has 0 amide bonds. The van der Waals surface area contributed by atoms with Crippen LogP contribution >= 0.6 is 0 Å². The molecule has 0 aliphatic rings. The predicted octanol–water partition coefficient (Wildman–Crippen LogP) is 3.41. The van der Waals surface area contributed by atoms with Crippen LogP contribution < -0.4 is 0 Å². The van der Waals surface area contributed by atoms with Crippen LogP contribution in [0.5, 0.6) is 0 Å². The van der Waals surface area contributed by atoms with Crippen LogP contribution in [0.4, 0.5) is 0 Å². The van der Waals surface area contributed by atoms with Gasteiger partial charge < -0.3 is 4.74 Å². The van der Waals surface area contributed by atoms with E-state index >= 15 is 0 Å². The lowest BCUT2D eigenvalue weighted by Crippen LogP contribution is -2.12. The molecule has 0 saturated carbocycles. The SMILES string of the molecule is CCOC(=O)c1c(C)c(C)c(C)c(C)c1C. The van der Waals surface area contributed by atoms with Crippen LogP contribution in [0.1, 0.15) is 45.1 Å². The molecule has 88 valence electrons. The van der Waals surface area contributed by atoms with E-state index in [2.05, 4.69) is 20.8 Å². The van der Waals surface area contributed by atoms with Crippen molar-refractivity contribution in [1.29, 1.82) is 0 Å². The van der Waals surface area contributed by atoms with E-state index in [4.69, 9.17) is 4.74 Å². The Morgan fingerprint density at radius 1 is 0.875 bits per heavy atom. The Morgan fingerprint density at radius 3 is 1.62 bits per heavy atom. The van der Waals surface area contributed by atoms with E-state index in [1.165, 1.54) is 16.7 Å². The summed E-state index contributed by atoms with van der Waals surface area (Å²) in [6.45, 7) is 12.4. The van der Waals surface area contributed by atoms with Gasteiger partial charge in [-0.1, -0.05) is 0 Å². The van der Waals surface area contributed by atoms with E-state index < -0.39 is 0 Å². The number of carbonyl (C=O) groups is 1. The topological polar surface area (TPSA) is 26.3 Å². The molecule has 0 unspecified atom stereocenters. The normalized spacial score (nSPS) is 10.4. The molecule has 0 fully saturated rings. The highest BCUT2D eigenvalue weighted by molar-refractivity contribution is 5.93. The van der Waals surface area contributed by atoms with Crippen LogP contribution in [0.2, 0.25) is 0 Å². The lowest BCUT2D eigenvalue weighted by atomic mass is 9.90. The van der Waals surface area contributed by atoms with Crippen molar-refractivity contribution in [3.63, 3.8) is 0 Å². The molecule has 1 aromatic rings. The van der Waals surface area contributed by atoms with E-state index in [0.29, 0.717) is 6.61 Å². The van der Waals surface area contributed by atoms with Crippen molar-refractivity contribution in [3.8, 4) is 0 Å². The molecule has 1 rings (SSSR count). The monoisotopic (exact) mass is 220 g/mol. The van der Waals surface area contributed by atoms with E-state index in [0.717, 1.165) is 16.7 Å². The zero-order valence-corrected chi connectivity index (χ0v) is 11.0. The Balaban J connectivity index is 3.45. The average molecular weight is 220 g/mol. The summed E-state index contributed by atoms with van der Waals surface area (Å²) in [5.41, 5.74) is 6.46. The van der Waals surface area contributed by atoms with Crippen molar-refractivity contribution in [3.05, 3.63) is 33.4 Å². The molecule has 2 heteroatoms. The van der Waals surface area contributed by atoms with Crippen molar-refractivity contribution in [2.24, 2.45) is 0 Å². The number of hydrogen-bond donors (Lipinski definition) is 0. The first-order chi connectivity index (χ1) is 7.41. The van der Waals surface area contributed by atoms with E-state index in [9.17, 15) is 4.79 Å². The van der Waals surface area contributed by atoms with Crippen LogP contribution in [0, 0.1) is 34.6 Å². The lowest BCUT2D eigenvalue weighted by molar-refractivity contribution is 0.0524. The molecule has 1 aromatic carbocycles. The highest BCUT2D eigenvalue weighted by Crippen LogP contribution is 2.26. The molecule has 16 heavy (non-hydrogen) atoms. The summed E-state index contributed by atoms with van der Waals surface area (Å²) in [5, 5.41) is 0. The third-order valence-electron chi connectivity index (χ3n) is 3.48. The standard InChI is InChI=1S/C14H20O2/c1-7-16-14(15)13-11(5)9(3)8(2)10(4)12(13)6/h7H2,1-6H3. The van der Waals surface area contributed by atoms with Gasteiger partial charge in [0.15, 0.2) is 0 Å². The third kappa shape index (κ3) is 1.97. The van der Waals surface area contributed by atoms with Gasteiger partial charge in [-0.25, -0.2) is 4.79 Å². The smallest absolute Gasteiger partial charge is 0.338 e. The van der Waals surface area contributed by atoms with E-state index in [-0.39, 0.29) is 5.97 Å². The summed E-state index contributed by atoms with van der Waals surface area (Å²) < 4.78 is 5.10. The second kappa shape index (κ2) is 4.69. The molecule has 0 radical (unpaired) electrons. The Labute approximate surface area is 97.6 Å². The van der Waals surface area contributed by atoms with Crippen LogP contribution in [0.15, 0.2) is 0 Å². The Morgan fingerprint density at radius 2 is 1.25 bits per heavy atom. The molecule has 0 N–H and O–H groups in total. The zero-order valence-electron chi connectivity index (χ0n) is 11.0. The van der Waals surface area contributed by atoms with Gasteiger partial charge >= 0.3 is 5.97 Å². The molecule has 0 aromatic heterocycles. The molecular formula is C14H20O2. The Bertz CT molecular complexity index is 402. The fraction of sp³-hybridized carbons (Fsp3) is 0.500. The number of rotatable bonds is 2. The van der Waals surface area contributed by atoms with Crippen molar-refractivity contribution in [1.82, 2.24) is 0 Å². The minimum Gasteiger partial charge on any atom is -0.462 e. The second-order valence-electron chi connectivity index (χ2n) is 4.22. The molecule has 0 saturated heterocycles. The number of carbonyl (C=O) groups excluding carboxylic acids is 1. The number of hydrogen-bond acceptors (Lipinski definition) is 2. The van der Waals surface area contributed by atoms with Crippen LogP contribution in [-0.4, -0.2) is 12.6 Å². The maximum Gasteiger partial charge on any atom is 0.338 e. The minimum atomic E-state index is -0.205. The molecular weight excluding hydrogens is 200 g/mol. The van der Waals surface area contributed by atoms with E-state index in [1.54, 1.807) is 0 Å². The molecule has 0 aliphatic heterocycles. The van der Waals surface area contributed by atoms with Gasteiger partial charge in [0, 0.05) is 0 Å². The summed E-state index contributed by atoms with van der Waals surface area (Å²) in [4.78, 5) is 11.9. The fourth-order valence-electron chi connectivity index (χ4n) is 2.01. The summed E-state index contributed by atoms with van der Waals surface area (Å²) >= 11 is 0. The Hall–Kier alpha value is -1.31. The zero-order chi connectivity index (χ0) is 12.5. The summed E-state index contributed by atoms with van der Waals surface area (Å²) in [7, 11) is 0. The van der Waals surface area contributed by atoms with Crippen molar-refractivity contribution in [2.75, 3.05) is 6.61 Å². The number of esters is 1. The highest BCUT2D eigenvalue weighted by atomic mass is 16.5. The predicted molar refractivity (Wildman–Crippen MR) is 66.1 cm³/mol. The maximum absolute atomic E-state index is 11.9. The molecule has 0 spiro atoms. The average Bonchev–Trinajstić information content (AvgIpc) is 2.24. The van der Waals surface area contributed by atoms with Gasteiger partial charge in [-0.15, -0.1) is 0 Å². The lowest BCUT2D eigenvalue weighted by Gasteiger charge is -2.17. The van der Waals surface area contributed by atoms with Crippen LogP contribution in [0.25, 0.3) is 0 Å². The summed E-state index contributed by atoms with van der Waals surface area (Å²) in [5.74, 6) is -0.205. The third-order valence-corrected chi connectivity index (χ3v) is 3.48. The quantitative estimate of drug-likeness (QED) is 0.714. The first-order valence-electron chi connectivity index (χ1n) is 5.65. The second-order valence-corrected chi connectivity index (χ2v) is 4.22. The largest absolute Gasteiger partial charge is 0.462 e. The summed E-state index contributed by atoms with van der Waals surface area (Å²) in [6.07, 6.45) is 0. The molecule has 2 nitrogen and oxygen atoms in total. The molecule has 0 atom stereocenters. The fourth-order valence-corrected chi connectivity index (χ4v) is 2.01. The Kier molecular flexibility index (Phi) is 3.74. The number of benzene rings is 1. The van der Waals surface area contributed by atoms with Gasteiger partial charge in [0.25, 0.3) is 0 Å². The van der Waals surface area contributed by atoms with Crippen LogP contribution in [-0.2, 0) is 4.74 Å². The molecule has 0 bridgehead atoms. The van der Waals surface area contributed by atoms with E-state index in [1.807, 2.05) is 20.8 Å². The van der Waals surface area contributed by atoms with Gasteiger partial charge in [0.1, 0.15) is 0 Å². The maximum atomic E-state index is 11.9. The van der Waals surface area contributed by atoms with Gasteiger partial charge in [-0.3, -0.25) is 0 Å². The molecule has 0 heterocycles. The van der Waals surface area contributed by atoms with Crippen LogP contribution in [0.3, 0.4) is 0 Å². The highest BCUT2D eigenvalue weighted by Gasteiger charge is 2.18. The molecule has 0 aliphatic carbocycles. The van der Waals surface area contributed by atoms with Crippen molar-refractivity contribution < 1.29 is 9.53 Å². The van der Waals surface area contributed by atoms with Gasteiger partial charge in [-0.2, -0.15) is 0 Å². The first-order valence-corrected chi connectivity index (χ1v) is 5.65. The van der Waals surface area contributed by atoms with Gasteiger partial charge in [0.05, 0.1) is 12.2 Å². The van der Waals surface area contributed by atoms with Gasteiger partial charge in [-0.05, 0) is 69.4 Å². The minimum absolute atomic E-state index is 0.205. The first kappa shape index (κ1) is 12.8. The van der Waals surface area contributed by atoms with Crippen molar-refractivity contribution >= 4 is 5.97 Å². The van der Waals surface area contributed by atoms with Crippen molar-refractivity contribution in [2.45, 2.75) is 41.5 Å². The van der Waals surface area contributed by atoms with Gasteiger partial charge in [0.2, 0.25) is 0 Å².